The molecule has 0 spiro atoms. The molecule has 0 fully saturated rings. The SMILES string of the molecule is CC1CC=CC=C1c1c2cccc1C(c1ccccc1)(c1ccccc1-c1ccc(-c3ccc(N(c4ccccc4)c4ccccc4)cc3)cc1)c1ccccc1-c1ccccc1-2. The van der Waals surface area contributed by atoms with Gasteiger partial charge in [-0.15, -0.1) is 0 Å². The molecule has 11 rings (SSSR count). The van der Waals surface area contributed by atoms with Crippen LogP contribution in [0.15, 0.2) is 249 Å². The average molecular weight is 806 g/mol. The van der Waals surface area contributed by atoms with Crippen LogP contribution in [-0.2, 0) is 5.41 Å². The van der Waals surface area contributed by atoms with Crippen molar-refractivity contribution in [2.45, 2.75) is 18.8 Å². The third-order valence-electron chi connectivity index (χ3n) is 13.2. The zero-order chi connectivity index (χ0) is 42.2. The predicted molar refractivity (Wildman–Crippen MR) is 266 cm³/mol. The summed E-state index contributed by atoms with van der Waals surface area (Å²) in [6.07, 6.45) is 7.96. The van der Waals surface area contributed by atoms with Gasteiger partial charge in [0.25, 0.3) is 0 Å². The summed E-state index contributed by atoms with van der Waals surface area (Å²) in [5, 5.41) is 0. The van der Waals surface area contributed by atoms with E-state index < -0.39 is 5.41 Å². The van der Waals surface area contributed by atoms with Crippen LogP contribution in [0.25, 0.3) is 50.1 Å². The highest BCUT2D eigenvalue weighted by molar-refractivity contribution is 5.97. The fourth-order valence-electron chi connectivity index (χ4n) is 10.4. The Morgan fingerprint density at radius 2 is 0.825 bits per heavy atom. The minimum Gasteiger partial charge on any atom is -0.311 e. The van der Waals surface area contributed by atoms with Gasteiger partial charge in [-0.05, 0) is 127 Å². The molecule has 2 aliphatic carbocycles. The lowest BCUT2D eigenvalue weighted by Gasteiger charge is -2.43. The number of benzene rings is 9. The number of anilines is 3. The van der Waals surface area contributed by atoms with Crippen LogP contribution in [0.5, 0.6) is 0 Å². The Morgan fingerprint density at radius 1 is 0.381 bits per heavy atom. The molecule has 300 valence electrons. The summed E-state index contributed by atoms with van der Waals surface area (Å²) in [7, 11) is 0. The summed E-state index contributed by atoms with van der Waals surface area (Å²) in [6, 6.07) is 85.0. The van der Waals surface area contributed by atoms with Crippen molar-refractivity contribution < 1.29 is 0 Å². The number of nitrogens with zero attached hydrogens (tertiary/aromatic N) is 1. The molecular weight excluding hydrogens is 759 g/mol. The maximum absolute atomic E-state index is 2.42. The predicted octanol–water partition coefficient (Wildman–Crippen LogP) is 16.5. The smallest absolute Gasteiger partial charge is 0.0719 e. The van der Waals surface area contributed by atoms with Gasteiger partial charge < -0.3 is 4.90 Å². The zero-order valence-corrected chi connectivity index (χ0v) is 35.4. The summed E-state index contributed by atoms with van der Waals surface area (Å²) in [4.78, 5) is 2.31. The van der Waals surface area contributed by atoms with E-state index in [1.54, 1.807) is 0 Å². The Kier molecular flexibility index (Phi) is 9.87. The molecule has 0 N–H and O–H groups in total. The van der Waals surface area contributed by atoms with Crippen LogP contribution in [-0.4, -0.2) is 0 Å². The molecule has 0 saturated carbocycles. The number of rotatable bonds is 8. The summed E-state index contributed by atoms with van der Waals surface area (Å²) < 4.78 is 0. The van der Waals surface area contributed by atoms with Crippen LogP contribution in [0, 0.1) is 5.92 Å². The molecule has 0 radical (unpaired) electrons. The number of fused-ring (bicyclic) bond motifs is 6. The highest BCUT2D eigenvalue weighted by Gasteiger charge is 2.45. The molecule has 2 aliphatic rings. The van der Waals surface area contributed by atoms with E-state index in [1.807, 2.05) is 0 Å². The van der Waals surface area contributed by atoms with Gasteiger partial charge in [-0.2, -0.15) is 0 Å². The van der Waals surface area contributed by atoms with E-state index >= 15 is 0 Å². The van der Waals surface area contributed by atoms with Crippen molar-refractivity contribution in [3.8, 4) is 44.5 Å². The van der Waals surface area contributed by atoms with Gasteiger partial charge in [0.1, 0.15) is 0 Å². The van der Waals surface area contributed by atoms with Gasteiger partial charge in [0, 0.05) is 17.1 Å². The van der Waals surface area contributed by atoms with Crippen molar-refractivity contribution >= 4 is 22.6 Å². The lowest BCUT2D eigenvalue weighted by molar-refractivity contribution is 0.727. The lowest BCUT2D eigenvalue weighted by Crippen LogP contribution is -2.34. The summed E-state index contributed by atoms with van der Waals surface area (Å²) in [5.74, 6) is 0.363. The Morgan fingerprint density at radius 3 is 1.44 bits per heavy atom. The van der Waals surface area contributed by atoms with E-state index in [0.717, 1.165) is 23.5 Å². The molecule has 2 atom stereocenters. The molecule has 1 nitrogen and oxygen atoms in total. The highest BCUT2D eigenvalue weighted by atomic mass is 15.1. The normalized spacial score (nSPS) is 16.2. The maximum Gasteiger partial charge on any atom is 0.0719 e. The van der Waals surface area contributed by atoms with E-state index in [9.17, 15) is 0 Å². The largest absolute Gasteiger partial charge is 0.311 e. The van der Waals surface area contributed by atoms with Gasteiger partial charge in [0.05, 0.1) is 5.41 Å². The number of hydrogen-bond donors (Lipinski definition) is 0. The summed E-state index contributed by atoms with van der Waals surface area (Å²) in [5.41, 5.74) is 20.4. The van der Waals surface area contributed by atoms with Gasteiger partial charge in [-0.1, -0.05) is 219 Å². The molecule has 0 amide bonds. The molecule has 0 aromatic heterocycles. The van der Waals surface area contributed by atoms with Crippen molar-refractivity contribution in [1.29, 1.82) is 0 Å². The van der Waals surface area contributed by atoms with E-state index in [4.69, 9.17) is 0 Å². The third-order valence-corrected chi connectivity index (χ3v) is 13.2. The molecule has 2 unspecified atom stereocenters. The monoisotopic (exact) mass is 805 g/mol. The Hall–Kier alpha value is -7.74. The van der Waals surface area contributed by atoms with Gasteiger partial charge >= 0.3 is 0 Å². The van der Waals surface area contributed by atoms with Gasteiger partial charge in [0.15, 0.2) is 0 Å². The second-order valence-corrected chi connectivity index (χ2v) is 16.8. The van der Waals surface area contributed by atoms with Crippen molar-refractivity contribution in [3.05, 3.63) is 277 Å². The Balaban J connectivity index is 1.09. The van der Waals surface area contributed by atoms with Crippen LogP contribution >= 0.6 is 0 Å². The molecule has 9 aromatic rings. The minimum absolute atomic E-state index is 0.363. The minimum atomic E-state index is -0.674. The first-order valence-electron chi connectivity index (χ1n) is 22.2. The fraction of sp³-hybridized carbons (Fsp3) is 0.0645. The van der Waals surface area contributed by atoms with Crippen LogP contribution in [0.3, 0.4) is 0 Å². The summed E-state index contributed by atoms with van der Waals surface area (Å²) >= 11 is 0. The fourth-order valence-corrected chi connectivity index (χ4v) is 10.4. The number of allylic oxidation sites excluding steroid dienone is 4. The first-order chi connectivity index (χ1) is 31.2. The molecule has 9 aromatic carbocycles. The highest BCUT2D eigenvalue weighted by Crippen LogP contribution is 2.57. The van der Waals surface area contributed by atoms with E-state index in [0.29, 0.717) is 5.92 Å². The summed E-state index contributed by atoms with van der Waals surface area (Å²) in [6.45, 7) is 2.39. The van der Waals surface area contributed by atoms with Gasteiger partial charge in [-0.25, -0.2) is 0 Å². The average Bonchev–Trinajstić information content (AvgIpc) is 3.36. The Bertz CT molecular complexity index is 3080. The second-order valence-electron chi connectivity index (χ2n) is 16.8. The van der Waals surface area contributed by atoms with E-state index in [2.05, 4.69) is 261 Å². The van der Waals surface area contributed by atoms with Crippen molar-refractivity contribution in [3.63, 3.8) is 0 Å². The number of hydrogen-bond acceptors (Lipinski definition) is 1. The van der Waals surface area contributed by atoms with Crippen molar-refractivity contribution in [2.24, 2.45) is 5.92 Å². The van der Waals surface area contributed by atoms with Crippen molar-refractivity contribution in [2.75, 3.05) is 4.90 Å². The zero-order valence-electron chi connectivity index (χ0n) is 35.4. The van der Waals surface area contributed by atoms with Gasteiger partial charge in [-0.3, -0.25) is 0 Å². The maximum atomic E-state index is 2.42. The molecule has 0 aliphatic heterocycles. The van der Waals surface area contributed by atoms with Crippen LogP contribution in [0.1, 0.15) is 41.2 Å². The van der Waals surface area contributed by atoms with Crippen molar-refractivity contribution in [1.82, 2.24) is 0 Å². The molecular formula is C62H47N. The first-order valence-corrected chi connectivity index (χ1v) is 22.2. The Labute approximate surface area is 371 Å². The van der Waals surface area contributed by atoms with E-state index in [1.165, 1.54) is 77.9 Å². The second kappa shape index (κ2) is 16.3. The lowest BCUT2D eigenvalue weighted by atomic mass is 9.58. The van der Waals surface area contributed by atoms with Gasteiger partial charge in [0.2, 0.25) is 0 Å². The molecule has 1 heteroatoms. The first kappa shape index (κ1) is 38.2. The molecule has 2 bridgehead atoms. The molecule has 0 heterocycles. The van der Waals surface area contributed by atoms with Crippen LogP contribution in [0.2, 0.25) is 0 Å². The topological polar surface area (TPSA) is 3.24 Å². The molecule has 0 saturated heterocycles. The third kappa shape index (κ3) is 6.56. The van der Waals surface area contributed by atoms with E-state index in [-0.39, 0.29) is 0 Å². The standard InChI is InChI=1S/C62H47N/c1-44-20-11-12-27-52(44)61-57-32-19-35-60(61)62(48-21-5-2-6-22-48,59-34-18-16-31-56(59)54-29-13-14-30-55(54)57)58-33-17-15-28-53(58)47-38-36-45(37-39-47)46-40-42-51(43-41-46)63(49-23-7-3-8-24-49)50-25-9-4-10-26-50/h2-19,21-44H,20H2,1H3. The molecule has 63 heavy (non-hydrogen) atoms. The van der Waals surface area contributed by atoms with Crippen LogP contribution < -0.4 is 4.90 Å². The quantitative estimate of drug-likeness (QED) is 0.148. The van der Waals surface area contributed by atoms with Crippen LogP contribution in [0.4, 0.5) is 17.1 Å². The number of para-hydroxylation sites is 2.